The molecular formula is C13H13Cl2N3O3S. The van der Waals surface area contributed by atoms with E-state index in [1.165, 1.54) is 11.8 Å². The van der Waals surface area contributed by atoms with Gasteiger partial charge in [-0.25, -0.2) is 0 Å². The first-order valence-corrected chi connectivity index (χ1v) is 7.92. The molecule has 0 atom stereocenters. The summed E-state index contributed by atoms with van der Waals surface area (Å²) in [5, 5.41) is 14.3. The minimum absolute atomic E-state index is 0.0307. The molecule has 9 heteroatoms. The summed E-state index contributed by atoms with van der Waals surface area (Å²) < 4.78 is 0. The van der Waals surface area contributed by atoms with Crippen LogP contribution in [0.2, 0.25) is 10.0 Å². The SMILES string of the molecule is CC1=C(CCO[N+](=O)[O-])SC(Nc2cc(Cl)cc(Cl)c2)=NC1. The molecule has 0 fully saturated rings. The lowest BCUT2D eigenvalue weighted by Crippen LogP contribution is -2.14. The molecule has 6 nitrogen and oxygen atoms in total. The Balaban J connectivity index is 1.97. The van der Waals surface area contributed by atoms with E-state index in [1.54, 1.807) is 18.2 Å². The van der Waals surface area contributed by atoms with Gasteiger partial charge in [0.15, 0.2) is 5.17 Å². The summed E-state index contributed by atoms with van der Waals surface area (Å²) in [4.78, 5) is 20.0. The molecule has 2 rings (SSSR count). The minimum atomic E-state index is -0.787. The molecule has 0 saturated heterocycles. The number of amidine groups is 1. The maximum absolute atomic E-state index is 10.2. The number of nitrogens with one attached hydrogen (secondary N) is 1. The van der Waals surface area contributed by atoms with Gasteiger partial charge in [0.1, 0.15) is 6.61 Å². The second-order valence-corrected chi connectivity index (χ2v) is 6.47. The van der Waals surface area contributed by atoms with Crippen LogP contribution in [-0.2, 0) is 4.84 Å². The lowest BCUT2D eigenvalue weighted by atomic mass is 10.2. The van der Waals surface area contributed by atoms with E-state index < -0.39 is 5.09 Å². The predicted molar refractivity (Wildman–Crippen MR) is 90.2 cm³/mol. The first-order valence-electron chi connectivity index (χ1n) is 6.35. The molecule has 0 aromatic heterocycles. The maximum Gasteiger partial charge on any atom is 0.294 e. The number of halogens is 2. The predicted octanol–water partition coefficient (Wildman–Crippen LogP) is 4.38. The summed E-state index contributed by atoms with van der Waals surface area (Å²) in [6.45, 7) is 2.52. The summed E-state index contributed by atoms with van der Waals surface area (Å²) in [5.74, 6) is 0. The average Bonchev–Trinajstić information content (AvgIpc) is 2.40. The zero-order chi connectivity index (χ0) is 16.1. The molecule has 1 aromatic rings. The summed E-state index contributed by atoms with van der Waals surface area (Å²) in [7, 11) is 0. The van der Waals surface area contributed by atoms with E-state index >= 15 is 0 Å². The molecule has 0 amide bonds. The van der Waals surface area contributed by atoms with Crippen molar-refractivity contribution in [3.05, 3.63) is 48.8 Å². The van der Waals surface area contributed by atoms with Crippen molar-refractivity contribution in [1.82, 2.24) is 0 Å². The summed E-state index contributed by atoms with van der Waals surface area (Å²) in [5.41, 5.74) is 1.82. The number of nitrogens with zero attached hydrogens (tertiary/aromatic N) is 2. The first-order chi connectivity index (χ1) is 10.4. The standard InChI is InChI=1S/C13H13Cl2N3O3S/c1-8-7-16-13(22-12(8)2-3-21-18(19)20)17-11-5-9(14)4-10(15)6-11/h4-6H,2-3,7H2,1H3,(H,16,17). The molecular weight excluding hydrogens is 349 g/mol. The van der Waals surface area contributed by atoms with Crippen LogP contribution in [0.4, 0.5) is 5.69 Å². The molecule has 0 spiro atoms. The number of thioether (sulfide) groups is 1. The highest BCUT2D eigenvalue weighted by Gasteiger charge is 2.15. The van der Waals surface area contributed by atoms with Gasteiger partial charge in [0, 0.05) is 22.2 Å². The van der Waals surface area contributed by atoms with Crippen LogP contribution < -0.4 is 5.32 Å². The number of benzene rings is 1. The van der Waals surface area contributed by atoms with Crippen molar-refractivity contribution < 1.29 is 9.92 Å². The number of hydrogen-bond acceptors (Lipinski definition) is 6. The smallest absolute Gasteiger partial charge is 0.294 e. The van der Waals surface area contributed by atoms with E-state index in [9.17, 15) is 10.1 Å². The van der Waals surface area contributed by atoms with Gasteiger partial charge in [-0.2, -0.15) is 0 Å². The topological polar surface area (TPSA) is 76.8 Å². The highest BCUT2D eigenvalue weighted by atomic mass is 35.5. The maximum atomic E-state index is 10.2. The van der Waals surface area contributed by atoms with E-state index in [0.717, 1.165) is 16.2 Å². The van der Waals surface area contributed by atoms with Gasteiger partial charge in [-0.05, 0) is 35.6 Å². The van der Waals surface area contributed by atoms with Gasteiger partial charge >= 0.3 is 0 Å². The second-order valence-electron chi connectivity index (χ2n) is 4.52. The monoisotopic (exact) mass is 361 g/mol. The molecule has 118 valence electrons. The fourth-order valence-corrected chi connectivity index (χ4v) is 3.29. The van der Waals surface area contributed by atoms with Gasteiger partial charge in [0.2, 0.25) is 0 Å². The van der Waals surface area contributed by atoms with Crippen LogP contribution >= 0.6 is 35.0 Å². The number of hydrogen-bond donors (Lipinski definition) is 1. The van der Waals surface area contributed by atoms with Crippen LogP contribution in [0.1, 0.15) is 13.3 Å². The zero-order valence-corrected chi connectivity index (χ0v) is 14.0. The highest BCUT2D eigenvalue weighted by Crippen LogP contribution is 2.31. The van der Waals surface area contributed by atoms with Crippen molar-refractivity contribution in [2.45, 2.75) is 13.3 Å². The Hall–Kier alpha value is -1.44. The van der Waals surface area contributed by atoms with Crippen LogP contribution in [0, 0.1) is 10.1 Å². The van der Waals surface area contributed by atoms with Crippen molar-refractivity contribution in [3.8, 4) is 0 Å². The highest BCUT2D eigenvalue weighted by molar-refractivity contribution is 8.17. The first kappa shape index (κ1) is 16.9. The van der Waals surface area contributed by atoms with Crippen molar-refractivity contribution in [1.29, 1.82) is 0 Å². The summed E-state index contributed by atoms with van der Waals surface area (Å²) in [6.07, 6.45) is 0.467. The molecule has 1 aromatic carbocycles. The molecule has 0 unspecified atom stereocenters. The Morgan fingerprint density at radius 1 is 1.41 bits per heavy atom. The molecule has 1 N–H and O–H groups in total. The third-order valence-corrected chi connectivity index (χ3v) is 4.46. The Kier molecular flexibility index (Phi) is 5.93. The molecule has 0 radical (unpaired) electrons. The fourth-order valence-electron chi connectivity index (χ4n) is 1.81. The molecule has 0 bridgehead atoms. The van der Waals surface area contributed by atoms with E-state index in [2.05, 4.69) is 15.1 Å². The second kappa shape index (κ2) is 7.71. The minimum Gasteiger partial charge on any atom is -0.335 e. The number of anilines is 1. The van der Waals surface area contributed by atoms with Crippen molar-refractivity contribution in [2.24, 2.45) is 4.99 Å². The van der Waals surface area contributed by atoms with E-state index in [-0.39, 0.29) is 6.61 Å². The third-order valence-electron chi connectivity index (χ3n) is 2.80. The normalized spacial score (nSPS) is 14.6. The number of rotatable bonds is 5. The van der Waals surface area contributed by atoms with Crippen LogP contribution in [0.15, 0.2) is 33.7 Å². The van der Waals surface area contributed by atoms with E-state index in [0.29, 0.717) is 28.2 Å². The molecule has 22 heavy (non-hydrogen) atoms. The Labute approximate surface area is 141 Å². The Morgan fingerprint density at radius 3 is 2.73 bits per heavy atom. The van der Waals surface area contributed by atoms with Gasteiger partial charge < -0.3 is 10.2 Å². The average molecular weight is 362 g/mol. The summed E-state index contributed by atoms with van der Waals surface area (Å²) >= 11 is 13.3. The largest absolute Gasteiger partial charge is 0.335 e. The van der Waals surface area contributed by atoms with E-state index in [4.69, 9.17) is 23.2 Å². The zero-order valence-electron chi connectivity index (χ0n) is 11.6. The van der Waals surface area contributed by atoms with Crippen LogP contribution in [0.3, 0.4) is 0 Å². The molecule has 1 heterocycles. The van der Waals surface area contributed by atoms with Gasteiger partial charge in [0.25, 0.3) is 5.09 Å². The third kappa shape index (κ3) is 5.08. The van der Waals surface area contributed by atoms with Gasteiger partial charge in [-0.15, -0.1) is 10.1 Å². The molecule has 0 saturated carbocycles. The van der Waals surface area contributed by atoms with Crippen molar-refractivity contribution in [3.63, 3.8) is 0 Å². The molecule has 1 aliphatic heterocycles. The van der Waals surface area contributed by atoms with E-state index in [1.807, 2.05) is 6.92 Å². The molecule has 1 aliphatic rings. The summed E-state index contributed by atoms with van der Waals surface area (Å²) in [6, 6.07) is 5.14. The number of aliphatic imine (C=N–C) groups is 1. The quantitative estimate of drug-likeness (QED) is 0.621. The van der Waals surface area contributed by atoms with Crippen LogP contribution in [0.25, 0.3) is 0 Å². The van der Waals surface area contributed by atoms with Crippen LogP contribution in [0.5, 0.6) is 0 Å². The van der Waals surface area contributed by atoms with Crippen molar-refractivity contribution >= 4 is 45.8 Å². The fraction of sp³-hybridized carbons (Fsp3) is 0.308. The Bertz CT molecular complexity index is 629. The van der Waals surface area contributed by atoms with Crippen molar-refractivity contribution in [2.75, 3.05) is 18.5 Å². The van der Waals surface area contributed by atoms with Gasteiger partial charge in [-0.1, -0.05) is 35.0 Å². The Morgan fingerprint density at radius 2 is 2.09 bits per heavy atom. The van der Waals surface area contributed by atoms with Crippen LogP contribution in [-0.4, -0.2) is 23.4 Å². The lowest BCUT2D eigenvalue weighted by Gasteiger charge is -2.18. The lowest BCUT2D eigenvalue weighted by molar-refractivity contribution is -0.757. The molecule has 0 aliphatic carbocycles. The van der Waals surface area contributed by atoms with Gasteiger partial charge in [0.05, 0.1) is 6.54 Å². The van der Waals surface area contributed by atoms with Gasteiger partial charge in [-0.3, -0.25) is 4.99 Å².